The van der Waals surface area contributed by atoms with Gasteiger partial charge in [0.2, 0.25) is 5.16 Å². The van der Waals surface area contributed by atoms with Crippen LogP contribution in [0.3, 0.4) is 0 Å². The van der Waals surface area contributed by atoms with E-state index in [2.05, 4.69) is 20.5 Å². The topological polar surface area (TPSA) is 87.2 Å². The number of fused-ring (bicyclic) bond motifs is 1. The van der Waals surface area contributed by atoms with Gasteiger partial charge in [0.1, 0.15) is 5.56 Å². The number of hydrogen-bond acceptors (Lipinski definition) is 7. The Morgan fingerprint density at radius 3 is 3.04 bits per heavy atom. The van der Waals surface area contributed by atoms with Gasteiger partial charge in [-0.25, -0.2) is 14.5 Å². The van der Waals surface area contributed by atoms with Crippen molar-refractivity contribution in [2.24, 2.45) is 0 Å². The Bertz CT molecular complexity index is 899. The third kappa shape index (κ3) is 3.11. The maximum Gasteiger partial charge on any atom is 0.341 e. The SMILES string of the molecule is COC(=O)c1cccn2cc(CSc3nnnn3C3CCCC3)nc12. The van der Waals surface area contributed by atoms with Crippen LogP contribution in [0.5, 0.6) is 0 Å². The van der Waals surface area contributed by atoms with Crippen molar-refractivity contribution >= 4 is 23.4 Å². The van der Waals surface area contributed by atoms with Crippen molar-refractivity contribution in [3.05, 3.63) is 35.8 Å². The minimum Gasteiger partial charge on any atom is -0.465 e. The number of nitrogens with zero attached hydrogens (tertiary/aromatic N) is 6. The fraction of sp³-hybridized carbons (Fsp3) is 0.438. The van der Waals surface area contributed by atoms with Crippen LogP contribution in [0.1, 0.15) is 47.8 Å². The van der Waals surface area contributed by atoms with Gasteiger partial charge in [0.25, 0.3) is 0 Å². The van der Waals surface area contributed by atoms with Crippen molar-refractivity contribution in [1.82, 2.24) is 29.6 Å². The summed E-state index contributed by atoms with van der Waals surface area (Å²) >= 11 is 1.56. The molecular formula is C16H18N6O2S. The van der Waals surface area contributed by atoms with Gasteiger partial charge in [-0.2, -0.15) is 0 Å². The van der Waals surface area contributed by atoms with Crippen molar-refractivity contribution in [2.75, 3.05) is 7.11 Å². The maximum atomic E-state index is 11.9. The summed E-state index contributed by atoms with van der Waals surface area (Å²) in [4.78, 5) is 16.4. The average Bonchev–Trinajstić information content (AvgIpc) is 3.37. The summed E-state index contributed by atoms with van der Waals surface area (Å²) in [5.74, 6) is 0.246. The third-order valence-electron chi connectivity index (χ3n) is 4.42. The van der Waals surface area contributed by atoms with E-state index in [0.717, 1.165) is 23.7 Å². The highest BCUT2D eigenvalue weighted by Gasteiger charge is 2.22. The van der Waals surface area contributed by atoms with Gasteiger partial charge in [0.05, 0.1) is 18.8 Å². The molecule has 0 bridgehead atoms. The number of rotatable bonds is 5. The second-order valence-electron chi connectivity index (χ2n) is 6.01. The van der Waals surface area contributed by atoms with Crippen molar-refractivity contribution in [2.45, 2.75) is 42.6 Å². The van der Waals surface area contributed by atoms with E-state index in [1.807, 2.05) is 21.5 Å². The second kappa shape index (κ2) is 6.83. The van der Waals surface area contributed by atoms with Gasteiger partial charge < -0.3 is 9.14 Å². The van der Waals surface area contributed by atoms with Crippen LogP contribution in [-0.2, 0) is 10.5 Å². The number of carbonyl (C=O) groups is 1. The summed E-state index contributed by atoms with van der Waals surface area (Å²) in [6.45, 7) is 0. The van der Waals surface area contributed by atoms with Crippen LogP contribution in [0.15, 0.2) is 29.7 Å². The molecule has 0 amide bonds. The predicted octanol–water partition coefficient (Wildman–Crippen LogP) is 2.51. The number of hydrogen-bond donors (Lipinski definition) is 0. The van der Waals surface area contributed by atoms with Crippen LogP contribution in [0.25, 0.3) is 5.65 Å². The summed E-state index contributed by atoms with van der Waals surface area (Å²) in [6.07, 6.45) is 8.52. The monoisotopic (exact) mass is 358 g/mol. The Morgan fingerprint density at radius 2 is 2.24 bits per heavy atom. The fourth-order valence-electron chi connectivity index (χ4n) is 3.20. The lowest BCUT2D eigenvalue weighted by Crippen LogP contribution is -2.08. The number of ether oxygens (including phenoxy) is 1. The summed E-state index contributed by atoms with van der Waals surface area (Å²) in [5.41, 5.74) is 1.92. The lowest BCUT2D eigenvalue weighted by Gasteiger charge is -2.10. The van der Waals surface area contributed by atoms with Crippen molar-refractivity contribution in [3.63, 3.8) is 0 Å². The molecule has 3 heterocycles. The maximum absolute atomic E-state index is 11.9. The van der Waals surface area contributed by atoms with E-state index in [0.29, 0.717) is 23.0 Å². The zero-order valence-electron chi connectivity index (χ0n) is 13.8. The van der Waals surface area contributed by atoms with E-state index in [4.69, 9.17) is 4.74 Å². The largest absolute Gasteiger partial charge is 0.465 e. The van der Waals surface area contributed by atoms with Gasteiger partial charge in [-0.15, -0.1) is 5.10 Å². The van der Waals surface area contributed by atoms with Gasteiger partial charge in [0.15, 0.2) is 5.65 Å². The molecule has 9 heteroatoms. The first-order valence-corrected chi connectivity index (χ1v) is 9.20. The summed E-state index contributed by atoms with van der Waals surface area (Å²) in [6, 6.07) is 3.93. The van der Waals surface area contributed by atoms with E-state index in [1.54, 1.807) is 23.9 Å². The Morgan fingerprint density at radius 1 is 1.40 bits per heavy atom. The standard InChI is InChI=1S/C16H18N6O2S/c1-24-15(23)13-7-4-8-21-9-11(17-14(13)21)10-25-16-18-19-20-22(16)12-5-2-3-6-12/h4,7-9,12H,2-3,5-6,10H2,1H3. The minimum atomic E-state index is -0.388. The lowest BCUT2D eigenvalue weighted by atomic mass is 10.3. The first-order valence-electron chi connectivity index (χ1n) is 8.22. The van der Waals surface area contributed by atoms with Crippen LogP contribution in [0, 0.1) is 0 Å². The third-order valence-corrected chi connectivity index (χ3v) is 5.39. The van der Waals surface area contributed by atoms with E-state index in [1.165, 1.54) is 20.0 Å². The van der Waals surface area contributed by atoms with Gasteiger partial charge in [-0.05, 0) is 35.4 Å². The van der Waals surface area contributed by atoms with Crippen molar-refractivity contribution in [1.29, 1.82) is 0 Å². The smallest absolute Gasteiger partial charge is 0.341 e. The molecule has 0 spiro atoms. The molecule has 3 aromatic rings. The molecule has 0 aliphatic heterocycles. The first kappa shape index (κ1) is 16.1. The number of imidazole rings is 1. The fourth-order valence-corrected chi connectivity index (χ4v) is 4.03. The molecule has 130 valence electrons. The molecule has 1 aliphatic rings. The molecule has 0 atom stereocenters. The predicted molar refractivity (Wildman–Crippen MR) is 91.4 cm³/mol. The molecule has 0 saturated heterocycles. The number of pyridine rings is 1. The van der Waals surface area contributed by atoms with Gasteiger partial charge >= 0.3 is 5.97 Å². The van der Waals surface area contributed by atoms with Crippen LogP contribution < -0.4 is 0 Å². The first-order chi connectivity index (χ1) is 12.3. The molecule has 4 rings (SSSR count). The van der Waals surface area contributed by atoms with Crippen LogP contribution in [-0.4, -0.2) is 42.7 Å². The highest BCUT2D eigenvalue weighted by Crippen LogP contribution is 2.32. The minimum absolute atomic E-state index is 0.388. The molecule has 0 N–H and O–H groups in total. The Kier molecular flexibility index (Phi) is 4.39. The second-order valence-corrected chi connectivity index (χ2v) is 6.95. The zero-order chi connectivity index (χ0) is 17.2. The molecule has 25 heavy (non-hydrogen) atoms. The molecule has 1 fully saturated rings. The number of esters is 1. The van der Waals surface area contributed by atoms with Crippen LogP contribution >= 0.6 is 11.8 Å². The van der Waals surface area contributed by atoms with Crippen molar-refractivity contribution < 1.29 is 9.53 Å². The summed E-state index contributed by atoms with van der Waals surface area (Å²) < 4.78 is 8.59. The summed E-state index contributed by atoms with van der Waals surface area (Å²) in [7, 11) is 1.37. The summed E-state index contributed by atoms with van der Waals surface area (Å²) in [5, 5.41) is 12.9. The number of thioether (sulfide) groups is 1. The molecule has 8 nitrogen and oxygen atoms in total. The van der Waals surface area contributed by atoms with E-state index < -0.39 is 0 Å². The number of tetrazole rings is 1. The quantitative estimate of drug-likeness (QED) is 0.511. The van der Waals surface area contributed by atoms with E-state index in [-0.39, 0.29) is 5.97 Å². The number of aromatic nitrogens is 6. The highest BCUT2D eigenvalue weighted by atomic mass is 32.2. The Labute approximate surface area is 148 Å². The zero-order valence-corrected chi connectivity index (χ0v) is 14.6. The lowest BCUT2D eigenvalue weighted by molar-refractivity contribution is 0.0602. The molecule has 0 aromatic carbocycles. The highest BCUT2D eigenvalue weighted by molar-refractivity contribution is 7.98. The molecule has 0 radical (unpaired) electrons. The molecule has 1 saturated carbocycles. The van der Waals surface area contributed by atoms with Gasteiger partial charge in [0, 0.05) is 18.1 Å². The van der Waals surface area contributed by atoms with E-state index in [9.17, 15) is 4.79 Å². The van der Waals surface area contributed by atoms with Crippen LogP contribution in [0.2, 0.25) is 0 Å². The van der Waals surface area contributed by atoms with Crippen LogP contribution in [0.4, 0.5) is 0 Å². The Balaban J connectivity index is 1.54. The molecule has 0 unspecified atom stereocenters. The van der Waals surface area contributed by atoms with E-state index >= 15 is 0 Å². The molecule has 1 aliphatic carbocycles. The molecular weight excluding hydrogens is 340 g/mol. The normalized spacial score (nSPS) is 15.1. The number of methoxy groups -OCH3 is 1. The molecule has 3 aromatic heterocycles. The Hall–Kier alpha value is -2.42. The van der Waals surface area contributed by atoms with Gasteiger partial charge in [-0.1, -0.05) is 24.6 Å². The average molecular weight is 358 g/mol. The van der Waals surface area contributed by atoms with Gasteiger partial charge in [-0.3, -0.25) is 0 Å². The number of carbonyl (C=O) groups excluding carboxylic acids is 1. The van der Waals surface area contributed by atoms with Crippen molar-refractivity contribution in [3.8, 4) is 0 Å².